The zero-order valence-electron chi connectivity index (χ0n) is 14.9. The van der Waals surface area contributed by atoms with E-state index in [1.54, 1.807) is 0 Å². The molecule has 6 nitrogen and oxygen atoms in total. The Balaban J connectivity index is 1.55. The van der Waals surface area contributed by atoms with Crippen LogP contribution in [0.4, 0.5) is 5.82 Å². The number of anilines is 1. The van der Waals surface area contributed by atoms with Crippen LogP contribution in [-0.2, 0) is 9.53 Å². The Morgan fingerprint density at radius 3 is 2.42 bits per heavy atom. The molecule has 132 valence electrons. The molecule has 0 N–H and O–H groups in total. The summed E-state index contributed by atoms with van der Waals surface area (Å²) in [6.07, 6.45) is 2.06. The molecule has 6 heteroatoms. The van der Waals surface area contributed by atoms with Crippen molar-refractivity contribution in [2.45, 2.75) is 39.0 Å². The Bertz CT molecular complexity index is 535. The van der Waals surface area contributed by atoms with Gasteiger partial charge in [0.1, 0.15) is 5.82 Å². The van der Waals surface area contributed by atoms with Crippen LogP contribution in [0.25, 0.3) is 0 Å². The van der Waals surface area contributed by atoms with Gasteiger partial charge in [-0.25, -0.2) is 4.98 Å². The van der Waals surface area contributed by atoms with E-state index < -0.39 is 0 Å². The van der Waals surface area contributed by atoms with E-state index in [1.165, 1.54) is 0 Å². The third-order valence-electron chi connectivity index (χ3n) is 4.92. The highest BCUT2D eigenvalue weighted by Gasteiger charge is 2.32. The number of amides is 1. The van der Waals surface area contributed by atoms with Crippen LogP contribution in [0, 0.1) is 0 Å². The van der Waals surface area contributed by atoms with E-state index in [2.05, 4.69) is 14.8 Å². The Kier molecular flexibility index (Phi) is 5.36. The molecular weight excluding hydrogens is 304 g/mol. The maximum Gasteiger partial charge on any atom is 0.239 e. The predicted molar refractivity (Wildman–Crippen MR) is 94.1 cm³/mol. The van der Waals surface area contributed by atoms with Crippen molar-refractivity contribution in [2.24, 2.45) is 0 Å². The Morgan fingerprint density at radius 2 is 1.83 bits per heavy atom. The number of hydrogen-bond donors (Lipinski definition) is 0. The molecule has 2 saturated heterocycles. The second-order valence-electron chi connectivity index (χ2n) is 6.89. The van der Waals surface area contributed by atoms with Gasteiger partial charge >= 0.3 is 0 Å². The topological polar surface area (TPSA) is 48.9 Å². The SMILES string of the molecule is C[C@H](C(=O)N1C[C@H](C)O[C@@H](C)C1)N1CCN(c2ccccn2)CC1. The summed E-state index contributed by atoms with van der Waals surface area (Å²) in [5, 5.41) is 0. The second-order valence-corrected chi connectivity index (χ2v) is 6.89. The number of rotatable bonds is 3. The van der Waals surface area contributed by atoms with E-state index in [1.807, 2.05) is 50.1 Å². The van der Waals surface area contributed by atoms with Crippen LogP contribution >= 0.6 is 0 Å². The Hall–Kier alpha value is -1.66. The summed E-state index contributed by atoms with van der Waals surface area (Å²) in [6, 6.07) is 5.92. The second kappa shape index (κ2) is 7.49. The lowest BCUT2D eigenvalue weighted by Crippen LogP contribution is -2.57. The molecule has 0 aromatic carbocycles. The molecule has 0 aliphatic carbocycles. The summed E-state index contributed by atoms with van der Waals surface area (Å²) >= 11 is 0. The first-order chi connectivity index (χ1) is 11.5. The van der Waals surface area contributed by atoms with Crippen LogP contribution < -0.4 is 4.90 Å². The van der Waals surface area contributed by atoms with Gasteiger partial charge < -0.3 is 14.5 Å². The molecule has 0 saturated carbocycles. The molecule has 2 aliphatic rings. The third kappa shape index (κ3) is 3.87. The van der Waals surface area contributed by atoms with Gasteiger partial charge in [-0.1, -0.05) is 6.07 Å². The minimum atomic E-state index is -0.0756. The fourth-order valence-corrected chi connectivity index (χ4v) is 3.66. The summed E-state index contributed by atoms with van der Waals surface area (Å²) in [5.41, 5.74) is 0. The number of nitrogens with zero attached hydrogens (tertiary/aromatic N) is 4. The summed E-state index contributed by atoms with van der Waals surface area (Å²) in [7, 11) is 0. The van der Waals surface area contributed by atoms with Crippen LogP contribution in [-0.4, -0.2) is 78.2 Å². The van der Waals surface area contributed by atoms with Gasteiger partial charge in [0.25, 0.3) is 0 Å². The molecule has 2 fully saturated rings. The van der Waals surface area contributed by atoms with E-state index in [-0.39, 0.29) is 24.2 Å². The highest BCUT2D eigenvalue weighted by Crippen LogP contribution is 2.17. The first-order valence-corrected chi connectivity index (χ1v) is 8.89. The van der Waals surface area contributed by atoms with E-state index >= 15 is 0 Å². The Labute approximate surface area is 144 Å². The van der Waals surface area contributed by atoms with Gasteiger partial charge in [0, 0.05) is 45.5 Å². The number of carbonyl (C=O) groups excluding carboxylic acids is 1. The van der Waals surface area contributed by atoms with Gasteiger partial charge in [0.2, 0.25) is 5.91 Å². The summed E-state index contributed by atoms with van der Waals surface area (Å²) < 4.78 is 5.73. The first kappa shape index (κ1) is 17.2. The first-order valence-electron chi connectivity index (χ1n) is 8.89. The smallest absolute Gasteiger partial charge is 0.239 e. The van der Waals surface area contributed by atoms with Gasteiger partial charge in [-0.05, 0) is 32.9 Å². The van der Waals surface area contributed by atoms with Crippen molar-refractivity contribution in [3.63, 3.8) is 0 Å². The van der Waals surface area contributed by atoms with E-state index in [0.29, 0.717) is 13.1 Å². The average Bonchev–Trinajstić information content (AvgIpc) is 2.60. The molecular formula is C18H28N4O2. The number of aromatic nitrogens is 1. The van der Waals surface area contributed by atoms with Crippen molar-refractivity contribution < 1.29 is 9.53 Å². The molecule has 3 rings (SSSR count). The van der Waals surface area contributed by atoms with Crippen LogP contribution in [0.1, 0.15) is 20.8 Å². The number of hydrogen-bond acceptors (Lipinski definition) is 5. The lowest BCUT2D eigenvalue weighted by molar-refractivity contribution is -0.148. The van der Waals surface area contributed by atoms with Crippen LogP contribution in [0.2, 0.25) is 0 Å². The van der Waals surface area contributed by atoms with Gasteiger partial charge in [-0.3, -0.25) is 9.69 Å². The molecule has 0 unspecified atom stereocenters. The van der Waals surface area contributed by atoms with Crippen molar-refractivity contribution >= 4 is 11.7 Å². The van der Waals surface area contributed by atoms with Gasteiger partial charge in [0.15, 0.2) is 0 Å². The van der Waals surface area contributed by atoms with E-state index in [0.717, 1.165) is 32.0 Å². The molecule has 1 aromatic heterocycles. The summed E-state index contributed by atoms with van der Waals surface area (Å²) in [4.78, 5) is 23.8. The normalized spacial score (nSPS) is 27.1. The van der Waals surface area contributed by atoms with Crippen LogP contribution in [0.3, 0.4) is 0 Å². The number of carbonyl (C=O) groups is 1. The molecule has 1 aromatic rings. The summed E-state index contributed by atoms with van der Waals surface area (Å²) in [5.74, 6) is 1.25. The maximum atomic E-state index is 12.8. The maximum absolute atomic E-state index is 12.8. The standard InChI is InChI=1S/C18H28N4O2/c1-14-12-22(13-15(2)24-14)18(23)16(3)20-8-10-21(11-9-20)17-6-4-5-7-19-17/h4-7,14-16H,8-13H2,1-3H3/t14-,15-,16+/m0/s1. The van der Waals surface area contributed by atoms with Crippen molar-refractivity contribution in [3.05, 3.63) is 24.4 Å². The zero-order valence-corrected chi connectivity index (χ0v) is 14.9. The summed E-state index contributed by atoms with van der Waals surface area (Å²) in [6.45, 7) is 11.1. The molecule has 0 radical (unpaired) electrons. The highest BCUT2D eigenvalue weighted by atomic mass is 16.5. The highest BCUT2D eigenvalue weighted by molar-refractivity contribution is 5.81. The molecule has 0 bridgehead atoms. The van der Waals surface area contributed by atoms with Crippen LogP contribution in [0.15, 0.2) is 24.4 Å². The number of pyridine rings is 1. The van der Waals surface area contributed by atoms with Crippen molar-refractivity contribution in [3.8, 4) is 0 Å². The molecule has 2 aliphatic heterocycles. The fraction of sp³-hybridized carbons (Fsp3) is 0.667. The molecule has 24 heavy (non-hydrogen) atoms. The van der Waals surface area contributed by atoms with Crippen molar-refractivity contribution in [1.29, 1.82) is 0 Å². The zero-order chi connectivity index (χ0) is 17.1. The van der Waals surface area contributed by atoms with Gasteiger partial charge in [0.05, 0.1) is 18.2 Å². The number of ether oxygens (including phenoxy) is 1. The van der Waals surface area contributed by atoms with Gasteiger partial charge in [-0.15, -0.1) is 0 Å². The molecule has 1 amide bonds. The van der Waals surface area contributed by atoms with Crippen molar-refractivity contribution in [2.75, 3.05) is 44.2 Å². The van der Waals surface area contributed by atoms with Gasteiger partial charge in [-0.2, -0.15) is 0 Å². The fourth-order valence-electron chi connectivity index (χ4n) is 3.66. The quantitative estimate of drug-likeness (QED) is 0.833. The lowest BCUT2D eigenvalue weighted by atomic mass is 10.1. The molecule has 3 atom stereocenters. The number of piperazine rings is 1. The average molecular weight is 332 g/mol. The minimum Gasteiger partial charge on any atom is -0.372 e. The predicted octanol–water partition coefficient (Wildman–Crippen LogP) is 1.23. The lowest BCUT2D eigenvalue weighted by Gasteiger charge is -2.41. The van der Waals surface area contributed by atoms with Crippen LogP contribution in [0.5, 0.6) is 0 Å². The third-order valence-corrected chi connectivity index (χ3v) is 4.92. The van der Waals surface area contributed by atoms with E-state index in [4.69, 9.17) is 4.74 Å². The Morgan fingerprint density at radius 1 is 1.17 bits per heavy atom. The largest absolute Gasteiger partial charge is 0.372 e. The number of morpholine rings is 1. The minimum absolute atomic E-state index is 0.0756. The molecule has 3 heterocycles. The monoisotopic (exact) mass is 332 g/mol. The van der Waals surface area contributed by atoms with Crippen molar-refractivity contribution in [1.82, 2.24) is 14.8 Å². The van der Waals surface area contributed by atoms with E-state index in [9.17, 15) is 4.79 Å². The molecule has 0 spiro atoms.